The summed E-state index contributed by atoms with van der Waals surface area (Å²) < 4.78 is 37.6. The van der Waals surface area contributed by atoms with Crippen LogP contribution in [0.5, 0.6) is 5.75 Å². The second kappa shape index (κ2) is 9.42. The van der Waals surface area contributed by atoms with Crippen LogP contribution in [0, 0.1) is 0 Å². The molecular weight excluding hydrogens is 428 g/mol. The summed E-state index contributed by atoms with van der Waals surface area (Å²) >= 11 is 1.05. The first kappa shape index (κ1) is 21.3. The lowest BCUT2D eigenvalue weighted by molar-refractivity contribution is -0.119. The van der Waals surface area contributed by atoms with Crippen molar-refractivity contribution >= 4 is 44.6 Å². The largest absolute Gasteiger partial charge is 0.495 e. The molecule has 8 nitrogen and oxygen atoms in total. The standard InChI is InChI=1S/C20H18N2O6S2/c1-27-17-10-5-4-9-16(17)21-18(23)13-28-20(24)14-7-2-3-8-15(14)22-30(25,26)19-11-6-12-29-19/h2-12,22H,13H2,1H3,(H,21,23). The minimum Gasteiger partial charge on any atom is -0.495 e. The van der Waals surface area contributed by atoms with Crippen molar-refractivity contribution in [2.45, 2.75) is 4.21 Å². The van der Waals surface area contributed by atoms with Gasteiger partial charge in [0.25, 0.3) is 15.9 Å². The second-order valence-electron chi connectivity index (χ2n) is 5.91. The summed E-state index contributed by atoms with van der Waals surface area (Å²) in [6.07, 6.45) is 0. The van der Waals surface area contributed by atoms with Crippen molar-refractivity contribution in [3.8, 4) is 5.75 Å². The van der Waals surface area contributed by atoms with E-state index < -0.39 is 28.5 Å². The number of para-hydroxylation sites is 3. The number of esters is 1. The lowest BCUT2D eigenvalue weighted by Gasteiger charge is -2.12. The van der Waals surface area contributed by atoms with Gasteiger partial charge in [0.05, 0.1) is 24.0 Å². The molecule has 0 saturated carbocycles. The molecular formula is C20H18N2O6S2. The van der Waals surface area contributed by atoms with Crippen molar-refractivity contribution in [2.24, 2.45) is 0 Å². The third kappa shape index (κ3) is 5.16. The maximum absolute atomic E-state index is 12.5. The van der Waals surface area contributed by atoms with Crippen LogP contribution in [0.25, 0.3) is 0 Å². The van der Waals surface area contributed by atoms with Crippen LogP contribution in [-0.2, 0) is 19.6 Å². The Kier molecular flexibility index (Phi) is 6.70. The molecule has 0 atom stereocenters. The maximum Gasteiger partial charge on any atom is 0.340 e. The SMILES string of the molecule is COc1ccccc1NC(=O)COC(=O)c1ccccc1NS(=O)(=O)c1cccs1. The molecule has 2 aromatic carbocycles. The van der Waals surface area contributed by atoms with Gasteiger partial charge in [0.1, 0.15) is 9.96 Å². The average molecular weight is 447 g/mol. The van der Waals surface area contributed by atoms with Gasteiger partial charge in [-0.05, 0) is 35.7 Å². The summed E-state index contributed by atoms with van der Waals surface area (Å²) in [5, 5.41) is 4.22. The Hall–Kier alpha value is -3.37. The number of benzene rings is 2. The molecule has 1 aromatic heterocycles. The summed E-state index contributed by atoms with van der Waals surface area (Å²) in [6, 6.07) is 15.9. The molecule has 0 saturated heterocycles. The van der Waals surface area contributed by atoms with Crippen LogP contribution >= 0.6 is 11.3 Å². The van der Waals surface area contributed by atoms with Crippen LogP contribution in [-0.4, -0.2) is 34.0 Å². The van der Waals surface area contributed by atoms with Crippen LogP contribution in [0.2, 0.25) is 0 Å². The normalized spacial score (nSPS) is 10.8. The highest BCUT2D eigenvalue weighted by Gasteiger charge is 2.20. The van der Waals surface area contributed by atoms with Gasteiger partial charge in [0.15, 0.2) is 6.61 Å². The van der Waals surface area contributed by atoms with Crippen molar-refractivity contribution in [1.29, 1.82) is 0 Å². The first-order valence-electron chi connectivity index (χ1n) is 8.66. The molecule has 2 N–H and O–H groups in total. The van der Waals surface area contributed by atoms with Crippen molar-refractivity contribution in [3.63, 3.8) is 0 Å². The highest BCUT2D eigenvalue weighted by atomic mass is 32.2. The minimum absolute atomic E-state index is 0.0114. The molecule has 1 amide bonds. The Labute approximate surface area is 177 Å². The van der Waals surface area contributed by atoms with E-state index in [4.69, 9.17) is 9.47 Å². The fourth-order valence-electron chi connectivity index (χ4n) is 2.50. The number of carbonyl (C=O) groups excluding carboxylic acids is 2. The summed E-state index contributed by atoms with van der Waals surface area (Å²) in [5.74, 6) is -0.940. The number of sulfonamides is 1. The first-order chi connectivity index (χ1) is 14.4. The molecule has 0 spiro atoms. The van der Waals surface area contributed by atoms with Crippen LogP contribution in [0.15, 0.2) is 70.3 Å². The number of hydrogen-bond acceptors (Lipinski definition) is 7. The lowest BCUT2D eigenvalue weighted by Crippen LogP contribution is -2.22. The Morgan fingerprint density at radius 3 is 2.37 bits per heavy atom. The number of ether oxygens (including phenoxy) is 2. The highest BCUT2D eigenvalue weighted by Crippen LogP contribution is 2.24. The van der Waals surface area contributed by atoms with E-state index in [1.807, 2.05) is 0 Å². The summed E-state index contributed by atoms with van der Waals surface area (Å²) in [5.41, 5.74) is 0.480. The van der Waals surface area contributed by atoms with E-state index in [1.54, 1.807) is 47.8 Å². The van der Waals surface area contributed by atoms with E-state index in [-0.39, 0.29) is 15.5 Å². The fourth-order valence-corrected chi connectivity index (χ4v) is 4.58. The van der Waals surface area contributed by atoms with Crippen molar-refractivity contribution in [2.75, 3.05) is 23.8 Å². The smallest absolute Gasteiger partial charge is 0.340 e. The van der Waals surface area contributed by atoms with Crippen molar-refractivity contribution in [1.82, 2.24) is 0 Å². The van der Waals surface area contributed by atoms with Gasteiger partial charge >= 0.3 is 5.97 Å². The van der Waals surface area contributed by atoms with Crippen molar-refractivity contribution in [3.05, 3.63) is 71.6 Å². The van der Waals surface area contributed by atoms with E-state index in [0.29, 0.717) is 11.4 Å². The molecule has 0 bridgehead atoms. The van der Waals surface area contributed by atoms with Gasteiger partial charge in [0.2, 0.25) is 0 Å². The van der Waals surface area contributed by atoms with Gasteiger partial charge in [-0.3, -0.25) is 9.52 Å². The lowest BCUT2D eigenvalue weighted by atomic mass is 10.2. The van der Waals surface area contributed by atoms with E-state index in [9.17, 15) is 18.0 Å². The number of rotatable bonds is 8. The Morgan fingerprint density at radius 2 is 1.67 bits per heavy atom. The zero-order chi connectivity index (χ0) is 21.6. The molecule has 156 valence electrons. The molecule has 0 aliphatic carbocycles. The van der Waals surface area contributed by atoms with Gasteiger partial charge in [-0.1, -0.05) is 30.3 Å². The Morgan fingerprint density at radius 1 is 0.967 bits per heavy atom. The van der Waals surface area contributed by atoms with Crippen molar-refractivity contribution < 1.29 is 27.5 Å². The first-order valence-corrected chi connectivity index (χ1v) is 11.0. The zero-order valence-corrected chi connectivity index (χ0v) is 17.5. The number of thiophene rings is 1. The zero-order valence-electron chi connectivity index (χ0n) is 15.8. The Balaban J connectivity index is 1.67. The van der Waals surface area contributed by atoms with E-state index in [1.165, 1.54) is 25.3 Å². The predicted molar refractivity (Wildman–Crippen MR) is 113 cm³/mol. The fraction of sp³-hybridized carbons (Fsp3) is 0.100. The molecule has 0 aliphatic heterocycles. The molecule has 10 heteroatoms. The monoisotopic (exact) mass is 446 g/mol. The van der Waals surface area contributed by atoms with Gasteiger partial charge in [-0.2, -0.15) is 0 Å². The van der Waals surface area contributed by atoms with Crippen LogP contribution in [0.4, 0.5) is 11.4 Å². The summed E-state index contributed by atoms with van der Waals surface area (Å²) in [4.78, 5) is 24.6. The maximum atomic E-state index is 12.5. The summed E-state index contributed by atoms with van der Waals surface area (Å²) in [6.45, 7) is -0.553. The third-order valence-corrected chi connectivity index (χ3v) is 6.63. The van der Waals surface area contributed by atoms with Gasteiger partial charge < -0.3 is 14.8 Å². The molecule has 0 fully saturated rings. The Bertz CT molecular complexity index is 1140. The highest BCUT2D eigenvalue weighted by molar-refractivity contribution is 7.94. The number of carbonyl (C=O) groups is 2. The van der Waals surface area contributed by atoms with Gasteiger partial charge in [0, 0.05) is 0 Å². The summed E-state index contributed by atoms with van der Waals surface area (Å²) in [7, 11) is -2.37. The van der Waals surface area contributed by atoms with Crippen LogP contribution in [0.3, 0.4) is 0 Å². The van der Waals surface area contributed by atoms with Gasteiger partial charge in [-0.15, -0.1) is 11.3 Å². The number of anilines is 2. The molecule has 1 heterocycles. The van der Waals surface area contributed by atoms with E-state index in [2.05, 4.69) is 10.0 Å². The molecule has 3 aromatic rings. The molecule has 3 rings (SSSR count). The van der Waals surface area contributed by atoms with Gasteiger partial charge in [-0.25, -0.2) is 13.2 Å². The second-order valence-corrected chi connectivity index (χ2v) is 8.76. The average Bonchev–Trinajstić information content (AvgIpc) is 3.28. The number of hydrogen-bond donors (Lipinski definition) is 2. The molecule has 0 aliphatic rings. The topological polar surface area (TPSA) is 111 Å². The minimum atomic E-state index is -3.84. The predicted octanol–water partition coefficient (Wildman–Crippen LogP) is 3.35. The number of nitrogens with one attached hydrogen (secondary N) is 2. The molecule has 0 radical (unpaired) electrons. The van der Waals surface area contributed by atoms with Crippen LogP contribution in [0.1, 0.15) is 10.4 Å². The third-order valence-electron chi connectivity index (χ3n) is 3.87. The van der Waals surface area contributed by atoms with Crippen LogP contribution < -0.4 is 14.8 Å². The van der Waals surface area contributed by atoms with E-state index >= 15 is 0 Å². The quantitative estimate of drug-likeness (QED) is 0.514. The van der Waals surface area contributed by atoms with E-state index in [0.717, 1.165) is 11.3 Å². The molecule has 0 unspecified atom stereocenters. The molecule has 30 heavy (non-hydrogen) atoms. The number of amides is 1. The number of methoxy groups -OCH3 is 1.